The smallest absolute Gasteiger partial charge is 0.331 e. The van der Waals surface area contributed by atoms with Gasteiger partial charge in [0.25, 0.3) is 0 Å². The van der Waals surface area contributed by atoms with Gasteiger partial charge in [0.15, 0.2) is 0 Å². The first-order valence-corrected chi connectivity index (χ1v) is 10.8. The van der Waals surface area contributed by atoms with Gasteiger partial charge in [-0.1, -0.05) is 31.2 Å². The number of carbonyl (C=O) groups is 1. The van der Waals surface area contributed by atoms with Gasteiger partial charge in [0.05, 0.1) is 18.7 Å². The second-order valence-electron chi connectivity index (χ2n) is 6.58. The topological polar surface area (TPSA) is 116 Å². The zero-order valence-corrected chi connectivity index (χ0v) is 17.9. The number of sulfonamides is 1. The first-order valence-electron chi connectivity index (χ1n) is 9.33. The molecule has 0 aliphatic carbocycles. The molecule has 0 aliphatic rings. The fourth-order valence-corrected chi connectivity index (χ4v) is 4.26. The van der Waals surface area contributed by atoms with Crippen LogP contribution in [0.2, 0.25) is 0 Å². The highest BCUT2D eigenvalue weighted by Gasteiger charge is 2.20. The molecule has 0 aromatic heterocycles. The molecule has 0 spiro atoms. The van der Waals surface area contributed by atoms with Crippen LogP contribution in [0.1, 0.15) is 37.0 Å². The van der Waals surface area contributed by atoms with E-state index in [-0.39, 0.29) is 22.8 Å². The van der Waals surface area contributed by atoms with Crippen molar-refractivity contribution in [2.24, 2.45) is 0 Å². The van der Waals surface area contributed by atoms with E-state index in [1.54, 1.807) is 13.8 Å². The lowest BCUT2D eigenvalue weighted by molar-refractivity contribution is -0.132. The molecule has 0 unspecified atom stereocenters. The van der Waals surface area contributed by atoms with E-state index in [1.165, 1.54) is 25.3 Å². The summed E-state index contributed by atoms with van der Waals surface area (Å²) >= 11 is 0. The van der Waals surface area contributed by atoms with Crippen molar-refractivity contribution in [3.8, 4) is 11.8 Å². The van der Waals surface area contributed by atoms with Gasteiger partial charge in [-0.25, -0.2) is 17.9 Å². The molecule has 0 saturated carbocycles. The molecule has 0 heterocycles. The van der Waals surface area contributed by atoms with Crippen LogP contribution in [0.5, 0.6) is 5.75 Å². The highest BCUT2D eigenvalue weighted by molar-refractivity contribution is 7.89. The maximum absolute atomic E-state index is 12.6. The van der Waals surface area contributed by atoms with Gasteiger partial charge in [0, 0.05) is 12.1 Å². The first kappa shape index (κ1) is 23.1. The average Bonchev–Trinajstić information content (AvgIpc) is 2.73. The van der Waals surface area contributed by atoms with Gasteiger partial charge in [-0.15, -0.1) is 0 Å². The number of nitrogens with zero attached hydrogens (tertiary/aromatic N) is 1. The molecule has 2 aromatic rings. The Morgan fingerprint density at radius 2 is 1.87 bits per heavy atom. The van der Waals surface area contributed by atoms with Crippen LogP contribution in [0.3, 0.4) is 0 Å². The highest BCUT2D eigenvalue weighted by Crippen LogP contribution is 2.25. The van der Waals surface area contributed by atoms with Crippen LogP contribution in [0.25, 0.3) is 5.57 Å². The average molecular weight is 429 g/mol. The van der Waals surface area contributed by atoms with Crippen molar-refractivity contribution < 1.29 is 23.1 Å². The van der Waals surface area contributed by atoms with E-state index < -0.39 is 16.0 Å². The van der Waals surface area contributed by atoms with Gasteiger partial charge in [-0.2, -0.15) is 5.26 Å². The van der Waals surface area contributed by atoms with E-state index in [2.05, 4.69) is 4.72 Å². The maximum Gasteiger partial charge on any atom is 0.331 e. The number of nitriles is 1. The normalized spacial score (nSPS) is 12.1. The molecule has 0 aliphatic heterocycles. The molecule has 0 amide bonds. The minimum absolute atomic E-state index is 0.0825. The SMILES string of the molecule is CC/C(C(=O)O)=C(\C)c1ccc(CCNS(=O)(=O)c2cc(C#N)ccc2OC)cc1. The number of carboxylic acids is 1. The van der Waals surface area contributed by atoms with Crippen LogP contribution >= 0.6 is 0 Å². The summed E-state index contributed by atoms with van der Waals surface area (Å²) in [6, 6.07) is 13.5. The van der Waals surface area contributed by atoms with E-state index in [1.807, 2.05) is 30.3 Å². The summed E-state index contributed by atoms with van der Waals surface area (Å²) in [5, 5.41) is 18.3. The minimum Gasteiger partial charge on any atom is -0.495 e. The summed E-state index contributed by atoms with van der Waals surface area (Å²) < 4.78 is 32.9. The van der Waals surface area contributed by atoms with Crippen molar-refractivity contribution in [3.05, 3.63) is 64.7 Å². The third-order valence-electron chi connectivity index (χ3n) is 4.74. The quantitative estimate of drug-likeness (QED) is 0.592. The molecular formula is C22H24N2O5S. The summed E-state index contributed by atoms with van der Waals surface area (Å²) in [5.41, 5.74) is 3.02. The highest BCUT2D eigenvalue weighted by atomic mass is 32.2. The van der Waals surface area contributed by atoms with Crippen LogP contribution in [0, 0.1) is 11.3 Å². The summed E-state index contributed by atoms with van der Waals surface area (Å²) in [6.07, 6.45) is 0.878. The van der Waals surface area contributed by atoms with Crippen LogP contribution < -0.4 is 9.46 Å². The standard InChI is InChI=1S/C22H24N2O5S/c1-4-19(22(25)26)15(2)18-8-5-16(6-9-18)11-12-24-30(27,28)21-13-17(14-23)7-10-20(21)29-3/h5-10,13,24H,4,11-12H2,1-3H3,(H,25,26)/b19-15-. The lowest BCUT2D eigenvalue weighted by Crippen LogP contribution is -2.26. The predicted molar refractivity (Wildman–Crippen MR) is 114 cm³/mol. The Morgan fingerprint density at radius 1 is 1.20 bits per heavy atom. The van der Waals surface area contributed by atoms with Crippen molar-refractivity contribution in [2.75, 3.05) is 13.7 Å². The summed E-state index contributed by atoms with van der Waals surface area (Å²) in [4.78, 5) is 11.2. The Morgan fingerprint density at radius 3 is 2.40 bits per heavy atom. The number of benzene rings is 2. The lowest BCUT2D eigenvalue weighted by Gasteiger charge is -2.11. The number of hydrogen-bond acceptors (Lipinski definition) is 5. The van der Waals surface area contributed by atoms with Crippen LogP contribution in [-0.4, -0.2) is 33.1 Å². The Labute approximate surface area is 176 Å². The largest absolute Gasteiger partial charge is 0.495 e. The molecule has 0 atom stereocenters. The number of carboxylic acid groups (broad SMARTS) is 1. The number of rotatable bonds is 9. The van der Waals surface area contributed by atoms with Gasteiger partial charge < -0.3 is 9.84 Å². The molecule has 8 heteroatoms. The number of ether oxygens (including phenoxy) is 1. The van der Waals surface area contributed by atoms with Crippen molar-refractivity contribution in [1.29, 1.82) is 5.26 Å². The molecule has 0 bridgehead atoms. The molecule has 158 valence electrons. The molecule has 0 saturated heterocycles. The molecule has 30 heavy (non-hydrogen) atoms. The van der Waals surface area contributed by atoms with Gasteiger partial charge in [0.2, 0.25) is 10.0 Å². The number of nitrogens with one attached hydrogen (secondary N) is 1. The van der Waals surface area contributed by atoms with E-state index in [4.69, 9.17) is 10.00 Å². The predicted octanol–water partition coefficient (Wildman–Crippen LogP) is 3.36. The third kappa shape index (κ3) is 5.47. The van der Waals surface area contributed by atoms with Gasteiger partial charge >= 0.3 is 5.97 Å². The summed E-state index contributed by atoms with van der Waals surface area (Å²) in [5.74, 6) is -0.761. The summed E-state index contributed by atoms with van der Waals surface area (Å²) in [7, 11) is -2.48. The van der Waals surface area contributed by atoms with Crippen LogP contribution in [0.15, 0.2) is 52.9 Å². The Kier molecular flexibility index (Phi) is 7.75. The van der Waals surface area contributed by atoms with Gasteiger partial charge in [-0.3, -0.25) is 0 Å². The Balaban J connectivity index is 2.10. The Hall–Kier alpha value is -3.15. The lowest BCUT2D eigenvalue weighted by atomic mass is 9.98. The molecule has 2 N–H and O–H groups in total. The second kappa shape index (κ2) is 10.1. The maximum atomic E-state index is 12.6. The fourth-order valence-electron chi connectivity index (χ4n) is 3.04. The van der Waals surface area contributed by atoms with Crippen molar-refractivity contribution in [3.63, 3.8) is 0 Å². The molecule has 2 rings (SSSR count). The monoisotopic (exact) mass is 428 g/mol. The van der Waals surface area contributed by atoms with Gasteiger partial charge in [-0.05, 0) is 54.7 Å². The third-order valence-corrected chi connectivity index (χ3v) is 6.22. The molecule has 7 nitrogen and oxygen atoms in total. The van der Waals surface area contributed by atoms with Crippen LogP contribution in [-0.2, 0) is 21.2 Å². The van der Waals surface area contributed by atoms with E-state index in [0.717, 1.165) is 11.1 Å². The van der Waals surface area contributed by atoms with Crippen molar-refractivity contribution in [1.82, 2.24) is 4.72 Å². The molecule has 2 aromatic carbocycles. The summed E-state index contributed by atoms with van der Waals surface area (Å²) in [6.45, 7) is 3.74. The molecular weight excluding hydrogens is 404 g/mol. The Bertz CT molecular complexity index is 1100. The van der Waals surface area contributed by atoms with E-state index in [0.29, 0.717) is 24.0 Å². The first-order chi connectivity index (χ1) is 14.2. The fraction of sp³-hybridized carbons (Fsp3) is 0.273. The van der Waals surface area contributed by atoms with E-state index in [9.17, 15) is 18.3 Å². The second-order valence-corrected chi connectivity index (χ2v) is 8.32. The van der Waals surface area contributed by atoms with Crippen molar-refractivity contribution >= 4 is 21.6 Å². The molecule has 0 radical (unpaired) electrons. The number of hydrogen-bond donors (Lipinski definition) is 2. The van der Waals surface area contributed by atoms with E-state index >= 15 is 0 Å². The number of allylic oxidation sites excluding steroid dienone is 1. The van der Waals surface area contributed by atoms with Crippen molar-refractivity contribution in [2.45, 2.75) is 31.6 Å². The minimum atomic E-state index is -3.85. The van der Waals surface area contributed by atoms with Gasteiger partial charge in [0.1, 0.15) is 10.6 Å². The molecule has 0 fully saturated rings. The zero-order valence-electron chi connectivity index (χ0n) is 17.1. The van der Waals surface area contributed by atoms with Crippen LogP contribution in [0.4, 0.5) is 0 Å². The number of aliphatic carboxylic acids is 1. The zero-order chi connectivity index (χ0) is 22.3. The number of methoxy groups -OCH3 is 1.